The van der Waals surface area contributed by atoms with Gasteiger partial charge < -0.3 is 10.2 Å². The molecule has 0 spiro atoms. The minimum absolute atomic E-state index is 0. The molecule has 0 bridgehead atoms. The number of hydrogen-bond acceptors (Lipinski definition) is 1. The van der Waals surface area contributed by atoms with Crippen molar-refractivity contribution >= 4 is 6.03 Å². The van der Waals surface area contributed by atoms with Crippen molar-refractivity contribution in [3.8, 4) is 0 Å². The lowest BCUT2D eigenvalue weighted by Crippen LogP contribution is -2.41. The van der Waals surface area contributed by atoms with E-state index < -0.39 is 0 Å². The predicted octanol–water partition coefficient (Wildman–Crippen LogP) is 3.14. The van der Waals surface area contributed by atoms with Crippen LogP contribution in [0, 0.1) is 0 Å². The zero-order chi connectivity index (χ0) is 13.1. The zero-order valence-electron chi connectivity index (χ0n) is 11.5. The zero-order valence-corrected chi connectivity index (χ0v) is 11.5. The second-order valence-electron chi connectivity index (χ2n) is 5.06. The molecule has 3 nitrogen and oxygen atoms in total. The first-order valence-corrected chi connectivity index (χ1v) is 6.74. The van der Waals surface area contributed by atoms with Crippen LogP contribution in [0.3, 0.4) is 0 Å². The van der Waals surface area contributed by atoms with Crippen LogP contribution in [0.15, 0.2) is 18.2 Å². The van der Waals surface area contributed by atoms with Gasteiger partial charge in [0.1, 0.15) is 0 Å². The first kappa shape index (κ1) is 12.9. The molecule has 3 heteroatoms. The third-order valence-corrected chi connectivity index (χ3v) is 3.93. The number of amides is 2. The molecular formula is C15H24N2O. The number of fused-ring (bicyclic) bond motifs is 1. The van der Waals surface area contributed by atoms with E-state index in [1.165, 1.54) is 23.1 Å². The molecular weight excluding hydrogens is 224 g/mol. The van der Waals surface area contributed by atoms with Crippen molar-refractivity contribution in [3.63, 3.8) is 0 Å². The van der Waals surface area contributed by atoms with Gasteiger partial charge in [-0.15, -0.1) is 0 Å². The van der Waals surface area contributed by atoms with Gasteiger partial charge in [-0.25, -0.2) is 4.79 Å². The molecule has 0 fully saturated rings. The monoisotopic (exact) mass is 248 g/mol. The summed E-state index contributed by atoms with van der Waals surface area (Å²) in [7, 11) is 1.68. The number of nitrogens with one attached hydrogen (secondary N) is 1. The largest absolute Gasteiger partial charge is 0.341 e. The van der Waals surface area contributed by atoms with Crippen LogP contribution in [-0.4, -0.2) is 24.5 Å². The summed E-state index contributed by atoms with van der Waals surface area (Å²) >= 11 is 0. The van der Waals surface area contributed by atoms with E-state index in [-0.39, 0.29) is 7.46 Å². The molecule has 18 heavy (non-hydrogen) atoms. The van der Waals surface area contributed by atoms with E-state index in [9.17, 15) is 4.79 Å². The summed E-state index contributed by atoms with van der Waals surface area (Å²) < 4.78 is 0. The maximum Gasteiger partial charge on any atom is 0.317 e. The molecule has 0 radical (unpaired) electrons. The number of rotatable bonds is 2. The minimum Gasteiger partial charge on any atom is -0.341 e. The Balaban J connectivity index is 0.00000180. The van der Waals surface area contributed by atoms with E-state index in [1.54, 1.807) is 7.05 Å². The first-order valence-electron chi connectivity index (χ1n) is 6.74. The molecule has 2 amide bonds. The van der Waals surface area contributed by atoms with Crippen molar-refractivity contribution in [1.29, 1.82) is 0 Å². The summed E-state index contributed by atoms with van der Waals surface area (Å²) in [5.41, 5.74) is 4.12. The summed E-state index contributed by atoms with van der Waals surface area (Å²) in [4.78, 5) is 13.5. The lowest BCUT2D eigenvalue weighted by atomic mass is 9.91. The van der Waals surface area contributed by atoms with Crippen LogP contribution in [0.1, 0.15) is 44.3 Å². The van der Waals surface area contributed by atoms with E-state index in [1.807, 2.05) is 4.90 Å². The quantitative estimate of drug-likeness (QED) is 0.856. The fourth-order valence-electron chi connectivity index (χ4n) is 2.45. The Morgan fingerprint density at radius 2 is 2.28 bits per heavy atom. The number of carbonyl (C=O) groups is 1. The van der Waals surface area contributed by atoms with Gasteiger partial charge in [-0.05, 0) is 35.4 Å². The third-order valence-electron chi connectivity index (χ3n) is 3.93. The van der Waals surface area contributed by atoms with Gasteiger partial charge in [0.05, 0.1) is 0 Å². The van der Waals surface area contributed by atoms with Crippen LogP contribution in [0.5, 0.6) is 0 Å². The number of hydrogen-bond donors (Lipinski definition) is 1. The molecule has 1 unspecified atom stereocenters. The molecule has 0 saturated carbocycles. The molecule has 1 N–H and O–H groups in total. The third kappa shape index (κ3) is 2.50. The average molecular weight is 248 g/mol. The van der Waals surface area contributed by atoms with E-state index in [0.29, 0.717) is 5.92 Å². The fourth-order valence-corrected chi connectivity index (χ4v) is 2.45. The summed E-state index contributed by atoms with van der Waals surface area (Å²) in [5.74, 6) is 0.618. The Hall–Kier alpha value is -1.51. The molecule has 1 aromatic carbocycles. The van der Waals surface area contributed by atoms with Crippen LogP contribution in [-0.2, 0) is 13.0 Å². The van der Waals surface area contributed by atoms with Crippen LogP contribution in [0.25, 0.3) is 0 Å². The standard InChI is InChI=1S/C15H22N2O.H2/c1-4-11(2)12-5-6-14-10-17(15(18)16-3)8-7-13(14)9-12;/h5-6,9,11H,4,7-8,10H2,1-3H3,(H,16,18);1H. The number of benzene rings is 1. The molecule has 1 aliphatic rings. The van der Waals surface area contributed by atoms with Crippen LogP contribution in [0.2, 0.25) is 0 Å². The molecule has 1 heterocycles. The number of nitrogens with zero attached hydrogens (tertiary/aromatic N) is 1. The van der Waals surface area contributed by atoms with Gasteiger partial charge in [0.2, 0.25) is 0 Å². The molecule has 1 aliphatic heterocycles. The normalized spacial score (nSPS) is 16.1. The first-order chi connectivity index (χ1) is 8.65. The van der Waals surface area contributed by atoms with E-state index in [4.69, 9.17) is 0 Å². The van der Waals surface area contributed by atoms with Crippen molar-refractivity contribution in [1.82, 2.24) is 10.2 Å². The topological polar surface area (TPSA) is 32.3 Å². The van der Waals surface area contributed by atoms with Gasteiger partial charge >= 0.3 is 6.03 Å². The maximum absolute atomic E-state index is 11.6. The second-order valence-corrected chi connectivity index (χ2v) is 5.06. The van der Waals surface area contributed by atoms with Gasteiger partial charge in [0, 0.05) is 21.6 Å². The summed E-state index contributed by atoms with van der Waals surface area (Å²) in [5, 5.41) is 2.69. The van der Waals surface area contributed by atoms with Crippen LogP contribution in [0.4, 0.5) is 4.79 Å². The smallest absolute Gasteiger partial charge is 0.317 e. The van der Waals surface area contributed by atoms with Gasteiger partial charge in [0.25, 0.3) is 0 Å². The highest BCUT2D eigenvalue weighted by atomic mass is 16.2. The Kier molecular flexibility index (Phi) is 3.90. The highest BCUT2D eigenvalue weighted by Gasteiger charge is 2.20. The Bertz CT molecular complexity index is 448. The van der Waals surface area contributed by atoms with E-state index >= 15 is 0 Å². The summed E-state index contributed by atoms with van der Waals surface area (Å²) in [6, 6.07) is 6.74. The van der Waals surface area contributed by atoms with Gasteiger partial charge in [-0.2, -0.15) is 0 Å². The number of carbonyl (C=O) groups excluding carboxylic acids is 1. The lowest BCUT2D eigenvalue weighted by molar-refractivity contribution is 0.194. The SMILES string of the molecule is CCC(C)c1ccc2c(c1)CCN(C(=O)NC)C2.[HH]. The van der Waals surface area contributed by atoms with Crippen molar-refractivity contribution in [2.75, 3.05) is 13.6 Å². The van der Waals surface area contributed by atoms with Crippen molar-refractivity contribution in [2.45, 2.75) is 39.2 Å². The Labute approximate surface area is 111 Å². The molecule has 1 aromatic rings. The molecule has 100 valence electrons. The summed E-state index contributed by atoms with van der Waals surface area (Å²) in [6.07, 6.45) is 2.14. The second kappa shape index (κ2) is 5.42. The van der Waals surface area contributed by atoms with Gasteiger partial charge in [0.15, 0.2) is 0 Å². The Morgan fingerprint density at radius 3 is 2.94 bits per heavy atom. The molecule has 2 rings (SSSR count). The van der Waals surface area contributed by atoms with Gasteiger partial charge in [-0.1, -0.05) is 32.0 Å². The maximum atomic E-state index is 11.6. The molecule has 0 saturated heterocycles. The highest BCUT2D eigenvalue weighted by Crippen LogP contribution is 2.25. The summed E-state index contributed by atoms with van der Waals surface area (Å²) in [6.45, 7) is 6.03. The van der Waals surface area contributed by atoms with Crippen molar-refractivity contribution in [3.05, 3.63) is 34.9 Å². The van der Waals surface area contributed by atoms with E-state index in [2.05, 4.69) is 37.4 Å². The fraction of sp³-hybridized carbons (Fsp3) is 0.533. The van der Waals surface area contributed by atoms with E-state index in [0.717, 1.165) is 19.5 Å². The minimum atomic E-state index is 0. The number of urea groups is 1. The Morgan fingerprint density at radius 1 is 1.50 bits per heavy atom. The predicted molar refractivity (Wildman–Crippen MR) is 75.8 cm³/mol. The van der Waals surface area contributed by atoms with Crippen LogP contribution < -0.4 is 5.32 Å². The lowest BCUT2D eigenvalue weighted by Gasteiger charge is -2.29. The molecule has 0 aliphatic carbocycles. The van der Waals surface area contributed by atoms with Crippen molar-refractivity contribution in [2.24, 2.45) is 0 Å². The van der Waals surface area contributed by atoms with Crippen LogP contribution >= 0.6 is 0 Å². The average Bonchev–Trinajstić information content (AvgIpc) is 2.44. The molecule has 0 aromatic heterocycles. The highest BCUT2D eigenvalue weighted by molar-refractivity contribution is 5.74. The van der Waals surface area contributed by atoms with Gasteiger partial charge in [-0.3, -0.25) is 0 Å². The molecule has 1 atom stereocenters. The van der Waals surface area contributed by atoms with Crippen molar-refractivity contribution < 1.29 is 6.22 Å².